The number of carboxylic acids is 1. The zero-order chi connectivity index (χ0) is 15.8. The Morgan fingerprint density at radius 3 is 2.48 bits per heavy atom. The molecule has 0 atom stereocenters. The van der Waals surface area contributed by atoms with Crippen molar-refractivity contribution < 1.29 is 19.4 Å². The quantitative estimate of drug-likeness (QED) is 0.712. The molecular formula is C15H23NO4S. The first kappa shape index (κ1) is 17.5. The van der Waals surface area contributed by atoms with E-state index in [1.807, 2.05) is 20.8 Å². The van der Waals surface area contributed by atoms with Gasteiger partial charge in [-0.3, -0.25) is 4.79 Å². The van der Waals surface area contributed by atoms with Crippen LogP contribution in [0.15, 0.2) is 6.07 Å². The number of carboxylic acid groups (broad SMARTS) is 1. The minimum absolute atomic E-state index is 0.113. The van der Waals surface area contributed by atoms with E-state index in [2.05, 4.69) is 0 Å². The monoisotopic (exact) mass is 313 g/mol. The van der Waals surface area contributed by atoms with Gasteiger partial charge in [-0.1, -0.05) is 6.92 Å². The van der Waals surface area contributed by atoms with Crippen molar-refractivity contribution >= 4 is 23.2 Å². The highest BCUT2D eigenvalue weighted by molar-refractivity contribution is 7.14. The van der Waals surface area contributed by atoms with Gasteiger partial charge < -0.3 is 14.7 Å². The maximum absolute atomic E-state index is 11.8. The van der Waals surface area contributed by atoms with Crippen LogP contribution >= 0.6 is 11.3 Å². The molecule has 1 rings (SSSR count). The van der Waals surface area contributed by atoms with Crippen LogP contribution < -0.4 is 4.74 Å². The molecule has 0 radical (unpaired) electrons. The summed E-state index contributed by atoms with van der Waals surface area (Å²) in [7, 11) is 0. The molecule has 6 heteroatoms. The van der Waals surface area contributed by atoms with Crippen molar-refractivity contribution in [3.05, 3.63) is 15.8 Å². The summed E-state index contributed by atoms with van der Waals surface area (Å²) in [5.41, 5.74) is 0. The van der Waals surface area contributed by atoms with E-state index in [1.54, 1.807) is 11.0 Å². The molecule has 1 aromatic rings. The van der Waals surface area contributed by atoms with E-state index in [0.717, 1.165) is 11.3 Å². The van der Waals surface area contributed by atoms with Crippen molar-refractivity contribution in [3.8, 4) is 5.75 Å². The molecule has 21 heavy (non-hydrogen) atoms. The normalized spacial score (nSPS) is 10.4. The zero-order valence-electron chi connectivity index (χ0n) is 12.8. The molecule has 1 aromatic heterocycles. The van der Waals surface area contributed by atoms with Gasteiger partial charge in [-0.25, -0.2) is 4.79 Å². The number of hydrogen-bond acceptors (Lipinski definition) is 4. The molecule has 0 aromatic carbocycles. The largest absolute Gasteiger partial charge is 0.492 e. The van der Waals surface area contributed by atoms with Crippen LogP contribution in [0.4, 0.5) is 0 Å². The van der Waals surface area contributed by atoms with Crippen LogP contribution in [0.25, 0.3) is 0 Å². The third-order valence-electron chi connectivity index (χ3n) is 3.20. The lowest BCUT2D eigenvalue weighted by Gasteiger charge is -2.18. The topological polar surface area (TPSA) is 66.8 Å². The zero-order valence-corrected chi connectivity index (χ0v) is 13.7. The number of aryl methyl sites for hydroxylation is 1. The van der Waals surface area contributed by atoms with Crippen LogP contribution in [0.5, 0.6) is 5.75 Å². The number of amides is 1. The van der Waals surface area contributed by atoms with E-state index >= 15 is 0 Å². The van der Waals surface area contributed by atoms with Crippen LogP contribution in [0, 0.1) is 0 Å². The van der Waals surface area contributed by atoms with Gasteiger partial charge in [0, 0.05) is 24.4 Å². The molecule has 0 bridgehead atoms. The van der Waals surface area contributed by atoms with Gasteiger partial charge in [0.25, 0.3) is 0 Å². The highest BCUT2D eigenvalue weighted by Crippen LogP contribution is 2.30. The molecule has 0 aliphatic rings. The molecule has 1 N–H and O–H groups in total. The molecule has 1 heterocycles. The second-order valence-electron chi connectivity index (χ2n) is 4.58. The second kappa shape index (κ2) is 8.67. The Morgan fingerprint density at radius 2 is 1.95 bits per heavy atom. The predicted molar refractivity (Wildman–Crippen MR) is 83.3 cm³/mol. The maximum Gasteiger partial charge on any atom is 0.349 e. The van der Waals surface area contributed by atoms with Gasteiger partial charge in [-0.15, -0.1) is 11.3 Å². The first-order valence-electron chi connectivity index (χ1n) is 7.29. The van der Waals surface area contributed by atoms with E-state index in [1.165, 1.54) is 11.3 Å². The average Bonchev–Trinajstić information content (AvgIpc) is 2.88. The van der Waals surface area contributed by atoms with Crippen LogP contribution in [-0.4, -0.2) is 41.6 Å². The summed E-state index contributed by atoms with van der Waals surface area (Å²) >= 11 is 1.24. The number of rotatable bonds is 9. The number of aromatic carboxylic acids is 1. The molecule has 0 spiro atoms. The Morgan fingerprint density at radius 1 is 1.29 bits per heavy atom. The molecule has 0 saturated carbocycles. The van der Waals surface area contributed by atoms with Gasteiger partial charge in [-0.2, -0.15) is 0 Å². The van der Waals surface area contributed by atoms with Crippen molar-refractivity contribution in [2.75, 3.05) is 19.7 Å². The summed E-state index contributed by atoms with van der Waals surface area (Å²) in [5, 5.41) is 9.13. The van der Waals surface area contributed by atoms with Crippen LogP contribution in [0.1, 0.15) is 48.2 Å². The molecule has 0 aliphatic heterocycles. The Balaban J connectivity index is 2.47. The van der Waals surface area contributed by atoms with E-state index in [4.69, 9.17) is 9.84 Å². The Hall–Kier alpha value is -1.56. The lowest BCUT2D eigenvalue weighted by Crippen LogP contribution is -2.30. The summed E-state index contributed by atoms with van der Waals surface area (Å²) < 4.78 is 5.54. The standard InChI is InChI=1S/C15H23NO4S/c1-4-11-10-12(14(21-11)15(18)19)20-9-7-8-13(17)16(5-2)6-3/h10H,4-9H2,1-3H3,(H,18,19). The first-order valence-corrected chi connectivity index (χ1v) is 8.11. The minimum Gasteiger partial charge on any atom is -0.492 e. The number of hydrogen-bond donors (Lipinski definition) is 1. The lowest BCUT2D eigenvalue weighted by molar-refractivity contribution is -0.131. The third kappa shape index (κ3) is 5.04. The van der Waals surface area contributed by atoms with Gasteiger partial charge in [0.2, 0.25) is 5.91 Å². The lowest BCUT2D eigenvalue weighted by atomic mass is 10.3. The summed E-state index contributed by atoms with van der Waals surface area (Å²) in [4.78, 5) is 26.0. The number of ether oxygens (including phenoxy) is 1. The fourth-order valence-corrected chi connectivity index (χ4v) is 2.87. The van der Waals surface area contributed by atoms with E-state index in [0.29, 0.717) is 38.3 Å². The SMILES string of the molecule is CCc1cc(OCCCC(=O)N(CC)CC)c(C(=O)O)s1. The Labute approximate surface area is 129 Å². The Bertz CT molecular complexity index is 480. The maximum atomic E-state index is 11.8. The predicted octanol–water partition coefficient (Wildman–Crippen LogP) is 3.04. The molecule has 0 saturated heterocycles. The van der Waals surface area contributed by atoms with E-state index < -0.39 is 5.97 Å². The fraction of sp³-hybridized carbons (Fsp3) is 0.600. The average molecular weight is 313 g/mol. The van der Waals surface area contributed by atoms with Gasteiger partial charge in [0.05, 0.1) is 6.61 Å². The fourth-order valence-electron chi connectivity index (χ4n) is 1.99. The van der Waals surface area contributed by atoms with Crippen LogP contribution in [0.2, 0.25) is 0 Å². The highest BCUT2D eigenvalue weighted by atomic mass is 32.1. The van der Waals surface area contributed by atoms with Crippen molar-refractivity contribution in [2.24, 2.45) is 0 Å². The molecule has 1 amide bonds. The van der Waals surface area contributed by atoms with Gasteiger partial charge in [0.1, 0.15) is 5.75 Å². The third-order valence-corrected chi connectivity index (χ3v) is 4.45. The molecule has 118 valence electrons. The minimum atomic E-state index is -0.964. The molecule has 0 fully saturated rings. The van der Waals surface area contributed by atoms with Crippen LogP contribution in [0.3, 0.4) is 0 Å². The smallest absolute Gasteiger partial charge is 0.349 e. The molecule has 5 nitrogen and oxygen atoms in total. The van der Waals surface area contributed by atoms with Gasteiger partial charge in [-0.05, 0) is 32.8 Å². The van der Waals surface area contributed by atoms with Crippen molar-refractivity contribution in [2.45, 2.75) is 40.0 Å². The summed E-state index contributed by atoms with van der Waals surface area (Å²) in [6.07, 6.45) is 1.80. The number of nitrogens with zero attached hydrogens (tertiary/aromatic N) is 1. The number of thiophene rings is 1. The van der Waals surface area contributed by atoms with Gasteiger partial charge in [0.15, 0.2) is 4.88 Å². The van der Waals surface area contributed by atoms with Crippen molar-refractivity contribution in [1.29, 1.82) is 0 Å². The molecule has 0 aliphatic carbocycles. The highest BCUT2D eigenvalue weighted by Gasteiger charge is 2.16. The first-order chi connectivity index (χ1) is 10.0. The summed E-state index contributed by atoms with van der Waals surface area (Å²) in [6, 6.07) is 1.78. The van der Waals surface area contributed by atoms with Gasteiger partial charge >= 0.3 is 5.97 Å². The number of carbonyl (C=O) groups is 2. The summed E-state index contributed by atoms with van der Waals surface area (Å²) in [5.74, 6) is -0.435. The second-order valence-corrected chi connectivity index (χ2v) is 5.72. The van der Waals surface area contributed by atoms with Crippen molar-refractivity contribution in [1.82, 2.24) is 4.90 Å². The summed E-state index contributed by atoms with van der Waals surface area (Å²) in [6.45, 7) is 7.66. The molecular weight excluding hydrogens is 290 g/mol. The van der Waals surface area contributed by atoms with Crippen LogP contribution in [-0.2, 0) is 11.2 Å². The number of carbonyl (C=O) groups excluding carboxylic acids is 1. The Kier molecular flexibility index (Phi) is 7.22. The van der Waals surface area contributed by atoms with Crippen molar-refractivity contribution in [3.63, 3.8) is 0 Å². The van der Waals surface area contributed by atoms with E-state index in [9.17, 15) is 9.59 Å². The van der Waals surface area contributed by atoms with E-state index in [-0.39, 0.29) is 10.8 Å². The molecule has 0 unspecified atom stereocenters.